The van der Waals surface area contributed by atoms with Gasteiger partial charge in [-0.2, -0.15) is 5.10 Å². The van der Waals surface area contributed by atoms with E-state index in [1.165, 1.54) is 11.3 Å². The SMILES string of the molecule is CCc1nn(C)c(CC(=O)c2csc(Br)c2)c1Br. The van der Waals surface area contributed by atoms with Crippen molar-refractivity contribution in [2.45, 2.75) is 19.8 Å². The number of aryl methyl sites for hydroxylation is 2. The van der Waals surface area contributed by atoms with Gasteiger partial charge in [0.15, 0.2) is 5.78 Å². The van der Waals surface area contributed by atoms with Crippen molar-refractivity contribution in [2.24, 2.45) is 7.05 Å². The number of nitrogens with zero attached hydrogens (tertiary/aromatic N) is 2. The Labute approximate surface area is 126 Å². The van der Waals surface area contributed by atoms with Gasteiger partial charge in [0.2, 0.25) is 0 Å². The molecule has 96 valence electrons. The third-order valence-electron chi connectivity index (χ3n) is 2.72. The molecule has 6 heteroatoms. The van der Waals surface area contributed by atoms with Crippen LogP contribution in [0.4, 0.5) is 0 Å². The molecule has 0 bridgehead atoms. The van der Waals surface area contributed by atoms with Crippen molar-refractivity contribution >= 4 is 49.0 Å². The van der Waals surface area contributed by atoms with Crippen molar-refractivity contribution in [1.29, 1.82) is 0 Å². The van der Waals surface area contributed by atoms with E-state index in [2.05, 4.69) is 43.9 Å². The van der Waals surface area contributed by atoms with E-state index in [1.54, 1.807) is 4.68 Å². The summed E-state index contributed by atoms with van der Waals surface area (Å²) in [5, 5.41) is 6.26. The van der Waals surface area contributed by atoms with Gasteiger partial charge in [0.1, 0.15) is 0 Å². The molecule has 0 N–H and O–H groups in total. The molecular formula is C12H12Br2N2OS. The topological polar surface area (TPSA) is 34.9 Å². The Morgan fingerprint density at radius 3 is 2.72 bits per heavy atom. The number of carbonyl (C=O) groups excluding carboxylic acids is 1. The number of ketones is 1. The van der Waals surface area contributed by atoms with Gasteiger partial charge in [-0.15, -0.1) is 11.3 Å². The fourth-order valence-corrected chi connectivity index (χ4v) is 3.64. The maximum atomic E-state index is 12.2. The molecule has 0 aliphatic carbocycles. The van der Waals surface area contributed by atoms with Gasteiger partial charge in [-0.1, -0.05) is 6.92 Å². The molecule has 2 aromatic rings. The lowest BCUT2D eigenvalue weighted by molar-refractivity contribution is 0.0991. The summed E-state index contributed by atoms with van der Waals surface area (Å²) < 4.78 is 3.71. The Hall–Kier alpha value is -0.460. The van der Waals surface area contributed by atoms with Crippen LogP contribution in [0, 0.1) is 0 Å². The molecule has 2 rings (SSSR count). The molecule has 0 aromatic carbocycles. The zero-order chi connectivity index (χ0) is 13.3. The second kappa shape index (κ2) is 5.67. The summed E-state index contributed by atoms with van der Waals surface area (Å²) in [6.45, 7) is 2.05. The van der Waals surface area contributed by atoms with Gasteiger partial charge < -0.3 is 0 Å². The Bertz CT molecular complexity index is 589. The molecule has 3 nitrogen and oxygen atoms in total. The molecule has 0 unspecified atom stereocenters. The van der Waals surface area contributed by atoms with Crippen molar-refractivity contribution in [2.75, 3.05) is 0 Å². The van der Waals surface area contributed by atoms with Crippen LogP contribution in [0.15, 0.2) is 19.7 Å². The minimum Gasteiger partial charge on any atom is -0.294 e. The Balaban J connectivity index is 2.24. The quantitative estimate of drug-likeness (QED) is 0.738. The van der Waals surface area contributed by atoms with Crippen molar-refractivity contribution < 1.29 is 4.79 Å². The highest BCUT2D eigenvalue weighted by Gasteiger charge is 2.17. The summed E-state index contributed by atoms with van der Waals surface area (Å²) in [4.78, 5) is 12.2. The predicted octanol–water partition coefficient (Wildman–Crippen LogP) is 3.99. The zero-order valence-electron chi connectivity index (χ0n) is 10.0. The van der Waals surface area contributed by atoms with Gasteiger partial charge in [-0.05, 0) is 44.3 Å². The molecule has 0 saturated heterocycles. The van der Waals surface area contributed by atoms with E-state index >= 15 is 0 Å². The van der Waals surface area contributed by atoms with E-state index in [4.69, 9.17) is 0 Å². The van der Waals surface area contributed by atoms with Gasteiger partial charge in [0.25, 0.3) is 0 Å². The van der Waals surface area contributed by atoms with Gasteiger partial charge in [-0.3, -0.25) is 9.48 Å². The Morgan fingerprint density at radius 2 is 2.22 bits per heavy atom. The summed E-state index contributed by atoms with van der Waals surface area (Å²) >= 11 is 8.42. The minimum atomic E-state index is 0.114. The second-order valence-electron chi connectivity index (χ2n) is 3.92. The first kappa shape index (κ1) is 14.0. The largest absolute Gasteiger partial charge is 0.294 e. The highest BCUT2D eigenvalue weighted by molar-refractivity contribution is 9.11. The van der Waals surface area contributed by atoms with Crippen LogP contribution in [-0.2, 0) is 19.9 Å². The first-order chi connectivity index (χ1) is 8.52. The van der Waals surface area contributed by atoms with Gasteiger partial charge in [0, 0.05) is 18.0 Å². The fraction of sp³-hybridized carbons (Fsp3) is 0.333. The van der Waals surface area contributed by atoms with E-state index in [9.17, 15) is 4.79 Å². The van der Waals surface area contributed by atoms with Crippen molar-refractivity contribution in [3.8, 4) is 0 Å². The van der Waals surface area contributed by atoms with Crippen LogP contribution in [0.1, 0.15) is 28.7 Å². The zero-order valence-corrected chi connectivity index (χ0v) is 14.0. The monoisotopic (exact) mass is 390 g/mol. The maximum absolute atomic E-state index is 12.2. The number of aromatic nitrogens is 2. The molecule has 0 spiro atoms. The second-order valence-corrected chi connectivity index (χ2v) is 7.01. The molecule has 0 aliphatic heterocycles. The van der Waals surface area contributed by atoms with E-state index in [0.717, 1.165) is 31.6 Å². The number of hydrogen-bond acceptors (Lipinski definition) is 3. The number of carbonyl (C=O) groups is 1. The van der Waals surface area contributed by atoms with Crippen LogP contribution >= 0.6 is 43.2 Å². The molecule has 0 aliphatic rings. The van der Waals surface area contributed by atoms with Gasteiger partial charge in [0.05, 0.1) is 26.1 Å². The van der Waals surface area contributed by atoms with Crippen LogP contribution < -0.4 is 0 Å². The Morgan fingerprint density at radius 1 is 1.50 bits per heavy atom. The summed E-state index contributed by atoms with van der Waals surface area (Å²) in [6, 6.07) is 1.86. The molecule has 0 saturated carbocycles. The molecule has 0 atom stereocenters. The lowest BCUT2D eigenvalue weighted by Gasteiger charge is -2.01. The fourth-order valence-electron chi connectivity index (χ4n) is 1.72. The van der Waals surface area contributed by atoms with E-state index in [1.807, 2.05) is 18.5 Å². The van der Waals surface area contributed by atoms with Crippen LogP contribution in [0.3, 0.4) is 0 Å². The molecule has 0 radical (unpaired) electrons. The molecule has 0 amide bonds. The van der Waals surface area contributed by atoms with Crippen LogP contribution in [0.25, 0.3) is 0 Å². The number of thiophene rings is 1. The number of rotatable bonds is 4. The van der Waals surface area contributed by atoms with E-state index in [-0.39, 0.29) is 5.78 Å². The van der Waals surface area contributed by atoms with Crippen LogP contribution in [0.2, 0.25) is 0 Å². The first-order valence-electron chi connectivity index (χ1n) is 5.50. The summed E-state index contributed by atoms with van der Waals surface area (Å²) in [5.41, 5.74) is 2.67. The van der Waals surface area contributed by atoms with E-state index < -0.39 is 0 Å². The van der Waals surface area contributed by atoms with Crippen LogP contribution in [-0.4, -0.2) is 15.6 Å². The Kier molecular flexibility index (Phi) is 4.40. The number of Topliss-reactive ketones (excluding diaryl/α,β-unsaturated/α-hetero) is 1. The highest BCUT2D eigenvalue weighted by atomic mass is 79.9. The summed E-state index contributed by atoms with van der Waals surface area (Å²) in [5.74, 6) is 0.114. The van der Waals surface area contributed by atoms with Crippen molar-refractivity contribution in [3.63, 3.8) is 0 Å². The third kappa shape index (κ3) is 2.75. The first-order valence-corrected chi connectivity index (χ1v) is 7.97. The maximum Gasteiger partial charge on any atom is 0.169 e. The minimum absolute atomic E-state index is 0.114. The van der Waals surface area contributed by atoms with Crippen molar-refractivity contribution in [1.82, 2.24) is 9.78 Å². The van der Waals surface area contributed by atoms with E-state index in [0.29, 0.717) is 6.42 Å². The molecule has 0 fully saturated rings. The third-order valence-corrected chi connectivity index (χ3v) is 5.14. The summed E-state index contributed by atoms with van der Waals surface area (Å²) in [6.07, 6.45) is 1.22. The van der Waals surface area contributed by atoms with Gasteiger partial charge >= 0.3 is 0 Å². The average molecular weight is 392 g/mol. The lowest BCUT2D eigenvalue weighted by atomic mass is 10.1. The highest BCUT2D eigenvalue weighted by Crippen LogP contribution is 2.25. The van der Waals surface area contributed by atoms with Crippen LogP contribution in [0.5, 0.6) is 0 Å². The molecular weight excluding hydrogens is 380 g/mol. The number of hydrogen-bond donors (Lipinski definition) is 0. The molecule has 18 heavy (non-hydrogen) atoms. The van der Waals surface area contributed by atoms with Crippen molar-refractivity contribution in [3.05, 3.63) is 36.7 Å². The lowest BCUT2D eigenvalue weighted by Crippen LogP contribution is -2.07. The molecule has 2 heterocycles. The standard InChI is InChI=1S/C12H12Br2N2OS/c1-3-8-12(14)9(16(2)15-8)5-10(17)7-4-11(13)18-6-7/h4,6H,3,5H2,1-2H3. The number of halogens is 2. The summed E-state index contributed by atoms with van der Waals surface area (Å²) in [7, 11) is 1.87. The van der Waals surface area contributed by atoms with Gasteiger partial charge in [-0.25, -0.2) is 0 Å². The average Bonchev–Trinajstić information content (AvgIpc) is 2.87. The smallest absolute Gasteiger partial charge is 0.169 e. The molecule has 2 aromatic heterocycles. The normalized spacial score (nSPS) is 10.9. The predicted molar refractivity (Wildman–Crippen MR) is 80.3 cm³/mol.